The highest BCUT2D eigenvalue weighted by molar-refractivity contribution is 8.18. The third kappa shape index (κ3) is 4.70. The van der Waals surface area contributed by atoms with Gasteiger partial charge in [-0.15, -0.1) is 0 Å². The number of nitrogens with one attached hydrogen (secondary N) is 1. The number of amides is 3. The van der Waals surface area contributed by atoms with Crippen molar-refractivity contribution in [3.05, 3.63) is 83.0 Å². The minimum absolute atomic E-state index is 0.0233. The molecule has 0 saturated carbocycles. The Kier molecular flexibility index (Phi) is 6.04. The van der Waals surface area contributed by atoms with Crippen LogP contribution in [0.4, 0.5) is 10.5 Å². The van der Waals surface area contributed by atoms with Gasteiger partial charge in [-0.05, 0) is 43.0 Å². The summed E-state index contributed by atoms with van der Waals surface area (Å²) in [4.78, 5) is 49.6. The molecule has 0 radical (unpaired) electrons. The van der Waals surface area contributed by atoms with Gasteiger partial charge in [-0.25, -0.2) is 0 Å². The van der Waals surface area contributed by atoms with Crippen LogP contribution in [0, 0.1) is 0 Å². The van der Waals surface area contributed by atoms with Crippen molar-refractivity contribution < 1.29 is 23.6 Å². The minimum atomic E-state index is -0.549. The Hall–Kier alpha value is -3.91. The lowest BCUT2D eigenvalue weighted by atomic mass is 10.1. The number of ketones is 1. The van der Waals surface area contributed by atoms with Crippen LogP contribution in [0.1, 0.15) is 23.0 Å². The molecule has 1 N–H and O–H groups in total. The normalized spacial score (nSPS) is 14.8. The first-order valence-corrected chi connectivity index (χ1v) is 10.5. The largest absolute Gasteiger partial charge is 0.457 e. The van der Waals surface area contributed by atoms with E-state index < -0.39 is 17.1 Å². The maximum Gasteiger partial charge on any atom is 0.294 e. The molecule has 3 amide bonds. The molecule has 7 nitrogen and oxygen atoms in total. The number of furan rings is 1. The molecule has 1 aliphatic rings. The summed E-state index contributed by atoms with van der Waals surface area (Å²) < 4.78 is 5.77. The second-order valence-electron chi connectivity index (χ2n) is 7.02. The molecule has 2 aromatic carbocycles. The molecule has 0 bridgehead atoms. The Bertz CT molecular complexity index is 1230. The number of Topliss-reactive ketones (excluding diaryl/α,β-unsaturated/α-hetero) is 1. The average molecular weight is 446 g/mol. The third-order valence-electron chi connectivity index (χ3n) is 4.71. The zero-order valence-electron chi connectivity index (χ0n) is 17.0. The van der Waals surface area contributed by atoms with Crippen molar-refractivity contribution in [1.82, 2.24) is 4.90 Å². The van der Waals surface area contributed by atoms with E-state index in [4.69, 9.17) is 4.42 Å². The van der Waals surface area contributed by atoms with Gasteiger partial charge in [-0.1, -0.05) is 42.5 Å². The van der Waals surface area contributed by atoms with Crippen molar-refractivity contribution >= 4 is 46.4 Å². The molecule has 3 aromatic rings. The van der Waals surface area contributed by atoms with Gasteiger partial charge in [0.05, 0.1) is 4.91 Å². The lowest BCUT2D eigenvalue weighted by molar-refractivity contribution is -0.127. The van der Waals surface area contributed by atoms with Crippen LogP contribution in [0.3, 0.4) is 0 Å². The van der Waals surface area contributed by atoms with Gasteiger partial charge < -0.3 is 9.73 Å². The number of hydrogen-bond acceptors (Lipinski definition) is 6. The first-order valence-electron chi connectivity index (χ1n) is 9.72. The number of thioether (sulfide) groups is 1. The molecule has 1 saturated heterocycles. The predicted molar refractivity (Wildman–Crippen MR) is 122 cm³/mol. The molecule has 1 fully saturated rings. The van der Waals surface area contributed by atoms with E-state index in [2.05, 4.69) is 5.32 Å². The SMILES string of the molecule is CC(=O)c1ccc(-c2ccc(/C=C3\SC(=O)N(CC(=O)Nc4ccccc4)C3=O)o2)cc1. The molecule has 0 atom stereocenters. The van der Waals surface area contributed by atoms with Gasteiger partial charge >= 0.3 is 0 Å². The highest BCUT2D eigenvalue weighted by Crippen LogP contribution is 2.33. The molecule has 1 aliphatic heterocycles. The molecule has 2 heterocycles. The maximum atomic E-state index is 12.6. The van der Waals surface area contributed by atoms with Crippen LogP contribution in [0.25, 0.3) is 17.4 Å². The number of nitrogens with zero attached hydrogens (tertiary/aromatic N) is 1. The van der Waals surface area contributed by atoms with Gasteiger partial charge in [-0.3, -0.25) is 24.1 Å². The minimum Gasteiger partial charge on any atom is -0.457 e. The number of benzene rings is 2. The number of hydrogen-bond donors (Lipinski definition) is 1. The van der Waals surface area contributed by atoms with Crippen LogP contribution in [0.5, 0.6) is 0 Å². The lowest BCUT2D eigenvalue weighted by Gasteiger charge is -2.12. The zero-order chi connectivity index (χ0) is 22.7. The fourth-order valence-electron chi connectivity index (χ4n) is 3.09. The number of imide groups is 1. The van der Waals surface area contributed by atoms with Crippen molar-refractivity contribution in [2.45, 2.75) is 6.92 Å². The smallest absolute Gasteiger partial charge is 0.294 e. The van der Waals surface area contributed by atoms with Crippen LogP contribution in [-0.2, 0) is 9.59 Å². The van der Waals surface area contributed by atoms with Crippen molar-refractivity contribution in [2.24, 2.45) is 0 Å². The van der Waals surface area contributed by atoms with Gasteiger partial charge in [0.15, 0.2) is 5.78 Å². The van der Waals surface area contributed by atoms with E-state index in [0.29, 0.717) is 22.8 Å². The molecule has 4 rings (SSSR count). The summed E-state index contributed by atoms with van der Waals surface area (Å²) in [6, 6.07) is 19.2. The van der Waals surface area contributed by atoms with E-state index in [9.17, 15) is 19.2 Å². The maximum absolute atomic E-state index is 12.6. The third-order valence-corrected chi connectivity index (χ3v) is 5.62. The summed E-state index contributed by atoms with van der Waals surface area (Å²) in [6.45, 7) is 1.13. The number of carbonyl (C=O) groups is 4. The summed E-state index contributed by atoms with van der Waals surface area (Å²) in [5.74, 6) is -0.0754. The molecule has 0 spiro atoms. The second-order valence-corrected chi connectivity index (χ2v) is 8.01. The van der Waals surface area contributed by atoms with Gasteiger partial charge in [0.1, 0.15) is 18.1 Å². The molecule has 8 heteroatoms. The molecule has 1 aromatic heterocycles. The van der Waals surface area contributed by atoms with Crippen LogP contribution in [-0.4, -0.2) is 34.3 Å². The Morgan fingerprint density at radius 2 is 1.72 bits per heavy atom. The first-order chi connectivity index (χ1) is 15.4. The predicted octanol–water partition coefficient (Wildman–Crippen LogP) is 4.82. The molecule has 160 valence electrons. The Morgan fingerprint density at radius 1 is 1.00 bits per heavy atom. The van der Waals surface area contributed by atoms with Crippen LogP contribution >= 0.6 is 11.8 Å². The lowest BCUT2D eigenvalue weighted by Crippen LogP contribution is -2.36. The fraction of sp³-hybridized carbons (Fsp3) is 0.0833. The highest BCUT2D eigenvalue weighted by Gasteiger charge is 2.36. The molecular formula is C24H18N2O5S. The number of para-hydroxylation sites is 1. The van der Waals surface area contributed by atoms with E-state index in [1.807, 2.05) is 6.07 Å². The average Bonchev–Trinajstić information content (AvgIpc) is 3.35. The summed E-state index contributed by atoms with van der Waals surface area (Å²) in [5.41, 5.74) is 1.96. The van der Waals surface area contributed by atoms with Crippen LogP contribution in [0.2, 0.25) is 0 Å². The molecule has 32 heavy (non-hydrogen) atoms. The van der Waals surface area contributed by atoms with Gasteiger partial charge in [-0.2, -0.15) is 0 Å². The van der Waals surface area contributed by atoms with Gasteiger partial charge in [0, 0.05) is 22.9 Å². The van der Waals surface area contributed by atoms with Gasteiger partial charge in [0.2, 0.25) is 5.91 Å². The summed E-state index contributed by atoms with van der Waals surface area (Å²) in [6.07, 6.45) is 1.48. The Morgan fingerprint density at radius 3 is 2.41 bits per heavy atom. The van der Waals surface area contributed by atoms with Crippen molar-refractivity contribution in [3.63, 3.8) is 0 Å². The monoisotopic (exact) mass is 446 g/mol. The first kappa shape index (κ1) is 21.3. The summed E-state index contributed by atoms with van der Waals surface area (Å²) >= 11 is 0.756. The van der Waals surface area contributed by atoms with Crippen molar-refractivity contribution in [3.8, 4) is 11.3 Å². The van der Waals surface area contributed by atoms with Gasteiger partial charge in [0.25, 0.3) is 11.1 Å². The Labute approximate surface area is 188 Å². The summed E-state index contributed by atoms with van der Waals surface area (Å²) in [7, 11) is 0. The Balaban J connectivity index is 1.45. The number of carbonyl (C=O) groups excluding carboxylic acids is 4. The van der Waals surface area contributed by atoms with E-state index >= 15 is 0 Å². The van der Waals surface area contributed by atoms with E-state index in [1.165, 1.54) is 13.0 Å². The summed E-state index contributed by atoms with van der Waals surface area (Å²) in [5, 5.41) is 2.14. The highest BCUT2D eigenvalue weighted by atomic mass is 32.2. The topological polar surface area (TPSA) is 96.7 Å². The van der Waals surface area contributed by atoms with Crippen LogP contribution < -0.4 is 5.32 Å². The quantitative estimate of drug-likeness (QED) is 0.431. The number of rotatable bonds is 6. The standard InChI is InChI=1S/C24H18N2O5S/c1-15(27)16-7-9-17(10-8-16)20-12-11-19(31-20)13-21-23(29)26(24(30)32-21)14-22(28)25-18-5-3-2-4-6-18/h2-13H,14H2,1H3,(H,25,28)/b21-13-. The second kappa shape index (κ2) is 9.07. The molecule has 0 aliphatic carbocycles. The molecular weight excluding hydrogens is 428 g/mol. The zero-order valence-corrected chi connectivity index (χ0v) is 17.8. The van der Waals surface area contributed by atoms with E-state index in [0.717, 1.165) is 22.2 Å². The number of anilines is 1. The molecule has 0 unspecified atom stereocenters. The van der Waals surface area contributed by atoms with Crippen LogP contribution in [0.15, 0.2) is 76.1 Å². The van der Waals surface area contributed by atoms with Crippen molar-refractivity contribution in [2.75, 3.05) is 11.9 Å². The fourth-order valence-corrected chi connectivity index (χ4v) is 3.90. The van der Waals surface area contributed by atoms with Crippen molar-refractivity contribution in [1.29, 1.82) is 0 Å². The van der Waals surface area contributed by atoms with E-state index in [1.54, 1.807) is 60.7 Å². The van der Waals surface area contributed by atoms with E-state index in [-0.39, 0.29) is 17.2 Å².